The fourth-order valence-electron chi connectivity index (χ4n) is 2.80. The van der Waals surface area contributed by atoms with Crippen LogP contribution in [0.15, 0.2) is 18.2 Å². The Hall–Kier alpha value is -1.82. The first-order valence-corrected chi connectivity index (χ1v) is 6.91. The second-order valence-corrected chi connectivity index (χ2v) is 5.69. The molecule has 110 valence electrons. The second kappa shape index (κ2) is 6.09. The first-order valence-electron chi connectivity index (χ1n) is 6.91. The number of nitrogen functional groups attached to an aromatic ring is 1. The molecule has 2 rings (SSSR count). The zero-order valence-corrected chi connectivity index (χ0v) is 12.1. The Balaban J connectivity index is 2.00. The van der Waals surface area contributed by atoms with E-state index in [0.717, 1.165) is 44.1 Å². The molecule has 1 aliphatic rings. The topological polar surface area (TPSA) is 75.6 Å². The minimum Gasteiger partial charge on any atom is -0.393 e. The molecule has 1 aromatic rings. The highest BCUT2D eigenvalue weighted by molar-refractivity contribution is 5.66. The smallest absolute Gasteiger partial charge is 0.292 e. The van der Waals surface area contributed by atoms with E-state index in [-0.39, 0.29) is 11.4 Å². The zero-order chi connectivity index (χ0) is 14.7. The standard InChI is InChI=1S/C14H22N4O2/c1-16(2)10-11-5-7-17(8-6-11)12-3-4-14(18(19)20)13(15)9-12/h3-4,9,11H,5-8,10,15H2,1-2H3. The summed E-state index contributed by atoms with van der Waals surface area (Å²) < 4.78 is 0. The van der Waals surface area contributed by atoms with Crippen LogP contribution in [-0.2, 0) is 0 Å². The maximum Gasteiger partial charge on any atom is 0.292 e. The average Bonchev–Trinajstić information content (AvgIpc) is 2.38. The quantitative estimate of drug-likeness (QED) is 0.517. The van der Waals surface area contributed by atoms with Crippen LogP contribution >= 0.6 is 0 Å². The Morgan fingerprint density at radius 3 is 2.55 bits per heavy atom. The van der Waals surface area contributed by atoms with Crippen molar-refractivity contribution in [3.8, 4) is 0 Å². The fourth-order valence-corrected chi connectivity index (χ4v) is 2.80. The lowest BCUT2D eigenvalue weighted by Crippen LogP contribution is -2.37. The van der Waals surface area contributed by atoms with E-state index in [2.05, 4.69) is 23.9 Å². The van der Waals surface area contributed by atoms with E-state index < -0.39 is 4.92 Å². The van der Waals surface area contributed by atoms with Gasteiger partial charge in [0.15, 0.2) is 0 Å². The number of anilines is 2. The van der Waals surface area contributed by atoms with Crippen molar-refractivity contribution in [1.29, 1.82) is 0 Å². The van der Waals surface area contributed by atoms with Crippen molar-refractivity contribution in [3.05, 3.63) is 28.3 Å². The summed E-state index contributed by atoms with van der Waals surface area (Å²) in [7, 11) is 4.20. The Kier molecular flexibility index (Phi) is 4.44. The summed E-state index contributed by atoms with van der Waals surface area (Å²) >= 11 is 0. The fraction of sp³-hybridized carbons (Fsp3) is 0.571. The predicted molar refractivity (Wildman–Crippen MR) is 81.0 cm³/mol. The highest BCUT2D eigenvalue weighted by Crippen LogP contribution is 2.29. The molecule has 6 heteroatoms. The normalized spacial score (nSPS) is 16.6. The molecule has 20 heavy (non-hydrogen) atoms. The third-order valence-corrected chi connectivity index (χ3v) is 3.81. The van der Waals surface area contributed by atoms with E-state index in [0.29, 0.717) is 0 Å². The molecule has 0 atom stereocenters. The molecule has 0 saturated carbocycles. The summed E-state index contributed by atoms with van der Waals surface area (Å²) in [5.74, 6) is 0.733. The molecule has 0 amide bonds. The van der Waals surface area contributed by atoms with Crippen LogP contribution < -0.4 is 10.6 Å². The van der Waals surface area contributed by atoms with Crippen LogP contribution in [0.3, 0.4) is 0 Å². The summed E-state index contributed by atoms with van der Waals surface area (Å²) in [5.41, 5.74) is 6.95. The number of rotatable bonds is 4. The monoisotopic (exact) mass is 278 g/mol. The first kappa shape index (κ1) is 14.6. The van der Waals surface area contributed by atoms with E-state index in [4.69, 9.17) is 5.73 Å². The average molecular weight is 278 g/mol. The van der Waals surface area contributed by atoms with Gasteiger partial charge in [-0.15, -0.1) is 0 Å². The molecule has 1 saturated heterocycles. The Labute approximate surface area is 119 Å². The molecule has 0 radical (unpaired) electrons. The van der Waals surface area contributed by atoms with E-state index in [9.17, 15) is 10.1 Å². The molecule has 1 aliphatic heterocycles. The van der Waals surface area contributed by atoms with Gasteiger partial charge in [0.2, 0.25) is 0 Å². The van der Waals surface area contributed by atoms with Gasteiger partial charge in [0.05, 0.1) is 4.92 Å². The molecule has 0 aromatic heterocycles. The highest BCUT2D eigenvalue weighted by Gasteiger charge is 2.21. The minimum absolute atomic E-state index is 0.0174. The van der Waals surface area contributed by atoms with E-state index >= 15 is 0 Å². The number of nitro groups is 1. The number of piperidine rings is 1. The zero-order valence-electron chi connectivity index (χ0n) is 12.1. The number of nitrogens with zero attached hydrogens (tertiary/aromatic N) is 3. The molecular formula is C14H22N4O2. The molecule has 1 aromatic carbocycles. The van der Waals surface area contributed by atoms with Crippen molar-refractivity contribution in [3.63, 3.8) is 0 Å². The van der Waals surface area contributed by atoms with Gasteiger partial charge >= 0.3 is 0 Å². The molecule has 6 nitrogen and oxygen atoms in total. The Morgan fingerprint density at radius 1 is 1.40 bits per heavy atom. The van der Waals surface area contributed by atoms with Crippen LogP contribution in [0.2, 0.25) is 0 Å². The van der Waals surface area contributed by atoms with Crippen molar-refractivity contribution in [2.75, 3.05) is 44.4 Å². The van der Waals surface area contributed by atoms with Crippen LogP contribution in [0, 0.1) is 16.0 Å². The minimum atomic E-state index is -0.442. The number of nitrogens with two attached hydrogens (primary N) is 1. The van der Waals surface area contributed by atoms with Crippen LogP contribution in [0.25, 0.3) is 0 Å². The molecule has 0 spiro atoms. The Bertz CT molecular complexity index is 482. The van der Waals surface area contributed by atoms with Gasteiger partial charge in [0.1, 0.15) is 5.69 Å². The summed E-state index contributed by atoms with van der Waals surface area (Å²) in [5, 5.41) is 10.8. The van der Waals surface area contributed by atoms with Gasteiger partial charge < -0.3 is 15.5 Å². The van der Waals surface area contributed by atoms with Crippen molar-refractivity contribution >= 4 is 17.1 Å². The molecule has 1 fully saturated rings. The largest absolute Gasteiger partial charge is 0.393 e. The first-order chi connectivity index (χ1) is 9.47. The summed E-state index contributed by atoms with van der Waals surface area (Å²) in [6, 6.07) is 5.00. The summed E-state index contributed by atoms with van der Waals surface area (Å²) in [4.78, 5) is 14.8. The van der Waals surface area contributed by atoms with Crippen molar-refractivity contribution in [1.82, 2.24) is 4.90 Å². The van der Waals surface area contributed by atoms with Crippen LogP contribution in [-0.4, -0.2) is 43.6 Å². The van der Waals surface area contributed by atoms with Gasteiger partial charge in [-0.25, -0.2) is 0 Å². The third kappa shape index (κ3) is 3.39. The van der Waals surface area contributed by atoms with Crippen LogP contribution in [0.5, 0.6) is 0 Å². The summed E-state index contributed by atoms with van der Waals surface area (Å²) in [6.45, 7) is 3.09. The molecule has 0 aliphatic carbocycles. The number of nitro benzene ring substituents is 1. The van der Waals surface area contributed by atoms with Gasteiger partial charge in [-0.05, 0) is 45.0 Å². The lowest BCUT2D eigenvalue weighted by atomic mass is 9.96. The number of hydrogen-bond donors (Lipinski definition) is 1. The lowest BCUT2D eigenvalue weighted by molar-refractivity contribution is -0.383. The molecule has 0 unspecified atom stereocenters. The van der Waals surface area contributed by atoms with Crippen molar-refractivity contribution in [2.45, 2.75) is 12.8 Å². The lowest BCUT2D eigenvalue weighted by Gasteiger charge is -2.34. The van der Waals surface area contributed by atoms with E-state index in [1.807, 2.05) is 0 Å². The van der Waals surface area contributed by atoms with Crippen molar-refractivity contribution < 1.29 is 4.92 Å². The molecule has 2 N–H and O–H groups in total. The number of hydrogen-bond acceptors (Lipinski definition) is 5. The summed E-state index contributed by atoms with van der Waals surface area (Å²) in [6.07, 6.45) is 2.30. The van der Waals surface area contributed by atoms with Crippen molar-refractivity contribution in [2.24, 2.45) is 5.92 Å². The SMILES string of the molecule is CN(C)CC1CCN(c2ccc([N+](=O)[O-])c(N)c2)CC1. The van der Waals surface area contributed by atoms with E-state index in [1.54, 1.807) is 12.1 Å². The number of benzene rings is 1. The van der Waals surface area contributed by atoms with Crippen LogP contribution in [0.1, 0.15) is 12.8 Å². The molecular weight excluding hydrogens is 256 g/mol. The maximum atomic E-state index is 10.8. The predicted octanol–water partition coefficient (Wildman–Crippen LogP) is 1.95. The molecule has 1 heterocycles. The van der Waals surface area contributed by atoms with Crippen LogP contribution in [0.4, 0.5) is 17.1 Å². The maximum absolute atomic E-state index is 10.8. The third-order valence-electron chi connectivity index (χ3n) is 3.81. The Morgan fingerprint density at radius 2 is 2.05 bits per heavy atom. The van der Waals surface area contributed by atoms with Gasteiger partial charge in [-0.2, -0.15) is 0 Å². The second-order valence-electron chi connectivity index (χ2n) is 5.69. The molecule has 0 bridgehead atoms. The van der Waals surface area contributed by atoms with Gasteiger partial charge in [-0.3, -0.25) is 10.1 Å². The highest BCUT2D eigenvalue weighted by atomic mass is 16.6. The van der Waals surface area contributed by atoms with E-state index in [1.165, 1.54) is 6.07 Å². The van der Waals surface area contributed by atoms with Gasteiger partial charge in [-0.1, -0.05) is 0 Å². The van der Waals surface area contributed by atoms with Gasteiger partial charge in [0, 0.05) is 31.4 Å². The van der Waals surface area contributed by atoms with Gasteiger partial charge in [0.25, 0.3) is 5.69 Å².